The highest BCUT2D eigenvalue weighted by molar-refractivity contribution is 6.35. The fraction of sp³-hybridized carbons (Fsp3) is 0.167. The summed E-state index contributed by atoms with van der Waals surface area (Å²) < 4.78 is 5.46. The van der Waals surface area contributed by atoms with E-state index in [1.807, 2.05) is 43.3 Å². The lowest BCUT2D eigenvalue weighted by Crippen LogP contribution is -2.30. The normalized spacial score (nSPS) is 11.1. The molecule has 0 aliphatic rings. The molecule has 5 nitrogen and oxygen atoms in total. The Morgan fingerprint density at radius 1 is 1.27 bits per heavy atom. The number of carbonyl (C=O) groups excluding carboxylic acids is 1. The van der Waals surface area contributed by atoms with Crippen molar-refractivity contribution in [2.75, 3.05) is 6.54 Å². The zero-order valence-corrected chi connectivity index (χ0v) is 17.3. The number of allylic oxidation sites excluding steroid dienone is 1. The molecule has 2 heterocycles. The number of rotatable bonds is 6. The van der Waals surface area contributed by atoms with Crippen LogP contribution in [0.5, 0.6) is 0 Å². The Balaban J connectivity index is 1.54. The number of nitrogens with one attached hydrogen (secondary N) is 2. The molecular weight excluding hydrogens is 400 g/mol. The first-order chi connectivity index (χ1) is 14.5. The largest absolute Gasteiger partial charge is 0.422 e. The highest BCUT2D eigenvalue weighted by atomic mass is 35.5. The zero-order valence-electron chi connectivity index (χ0n) is 16.5. The molecule has 0 bridgehead atoms. The van der Waals surface area contributed by atoms with Crippen LogP contribution in [0.3, 0.4) is 0 Å². The van der Waals surface area contributed by atoms with Crippen LogP contribution in [0.1, 0.15) is 27.2 Å². The lowest BCUT2D eigenvalue weighted by atomic mass is 10.1. The molecule has 0 atom stereocenters. The molecule has 4 rings (SSSR count). The van der Waals surface area contributed by atoms with E-state index in [1.165, 1.54) is 0 Å². The van der Waals surface area contributed by atoms with Gasteiger partial charge in [0.25, 0.3) is 5.91 Å². The summed E-state index contributed by atoms with van der Waals surface area (Å²) >= 11 is 6.25. The number of carbonyl (C=O) groups is 1. The Labute approximate surface area is 178 Å². The highest BCUT2D eigenvalue weighted by Crippen LogP contribution is 2.28. The van der Waals surface area contributed by atoms with E-state index >= 15 is 0 Å². The number of aromatic amines is 1. The van der Waals surface area contributed by atoms with Gasteiger partial charge in [0.2, 0.25) is 0 Å². The summed E-state index contributed by atoms with van der Waals surface area (Å²) in [4.78, 5) is 28.3. The predicted octanol–water partition coefficient (Wildman–Crippen LogP) is 4.94. The molecule has 4 aromatic rings. The van der Waals surface area contributed by atoms with Crippen molar-refractivity contribution >= 4 is 39.4 Å². The van der Waals surface area contributed by atoms with Crippen LogP contribution in [0.25, 0.3) is 21.9 Å². The van der Waals surface area contributed by atoms with Gasteiger partial charge in [0.15, 0.2) is 0 Å². The van der Waals surface area contributed by atoms with Crippen molar-refractivity contribution in [2.24, 2.45) is 0 Å². The lowest BCUT2D eigenvalue weighted by molar-refractivity contribution is 0.0950. The van der Waals surface area contributed by atoms with Gasteiger partial charge in [0.1, 0.15) is 11.1 Å². The van der Waals surface area contributed by atoms with Gasteiger partial charge in [-0.1, -0.05) is 48.0 Å². The number of benzene rings is 2. The molecule has 0 aliphatic carbocycles. The minimum atomic E-state index is -0.647. The summed E-state index contributed by atoms with van der Waals surface area (Å²) in [6, 6.07) is 12.9. The number of hydrogen-bond donors (Lipinski definition) is 2. The van der Waals surface area contributed by atoms with Crippen LogP contribution in [-0.2, 0) is 12.8 Å². The van der Waals surface area contributed by atoms with Gasteiger partial charge in [-0.2, -0.15) is 0 Å². The minimum Gasteiger partial charge on any atom is -0.422 e. The van der Waals surface area contributed by atoms with Crippen LogP contribution in [-0.4, -0.2) is 17.4 Å². The van der Waals surface area contributed by atoms with Gasteiger partial charge in [0.05, 0.1) is 10.5 Å². The van der Waals surface area contributed by atoms with E-state index in [4.69, 9.17) is 16.0 Å². The van der Waals surface area contributed by atoms with E-state index < -0.39 is 11.5 Å². The van der Waals surface area contributed by atoms with Crippen LogP contribution < -0.4 is 10.9 Å². The van der Waals surface area contributed by atoms with Crippen molar-refractivity contribution in [1.29, 1.82) is 0 Å². The molecule has 0 saturated carbocycles. The number of aryl methyl sites for hydroxylation is 1. The van der Waals surface area contributed by atoms with E-state index in [0.717, 1.165) is 27.7 Å². The van der Waals surface area contributed by atoms with Crippen LogP contribution in [0.15, 0.2) is 64.3 Å². The van der Waals surface area contributed by atoms with Gasteiger partial charge in [-0.25, -0.2) is 4.79 Å². The molecule has 0 fully saturated rings. The van der Waals surface area contributed by atoms with Crippen molar-refractivity contribution in [1.82, 2.24) is 10.3 Å². The maximum Gasteiger partial charge on any atom is 0.349 e. The van der Waals surface area contributed by atoms with Crippen LogP contribution >= 0.6 is 11.6 Å². The first-order valence-corrected chi connectivity index (χ1v) is 10.1. The first kappa shape index (κ1) is 20.0. The maximum atomic E-state index is 12.6. The summed E-state index contributed by atoms with van der Waals surface area (Å²) in [5.41, 5.74) is 3.69. The molecule has 2 aromatic carbocycles. The van der Waals surface area contributed by atoms with Crippen LogP contribution in [0.4, 0.5) is 0 Å². The van der Waals surface area contributed by atoms with E-state index in [-0.39, 0.29) is 5.56 Å². The second-order valence-electron chi connectivity index (χ2n) is 7.17. The Hall–Kier alpha value is -3.31. The number of fused-ring (bicyclic) bond motifs is 2. The Morgan fingerprint density at radius 2 is 2.07 bits per heavy atom. The fourth-order valence-electron chi connectivity index (χ4n) is 3.77. The standard InChI is InChI=1S/C24H21ClN2O3/c1-3-6-15-7-4-8-16-13-19(24(29)30-22(15)16)23(28)26-12-11-17-14(2)27-21-18(17)9-5-10-20(21)25/h3-5,7-10,13,27H,1,6,11-12H2,2H3,(H,26,28). The van der Waals surface area contributed by atoms with E-state index in [0.29, 0.717) is 35.4 Å². The second kappa shape index (κ2) is 8.20. The number of H-pyrrole nitrogens is 1. The quantitative estimate of drug-likeness (QED) is 0.343. The van der Waals surface area contributed by atoms with Crippen molar-refractivity contribution in [3.63, 3.8) is 0 Å². The number of amides is 1. The first-order valence-electron chi connectivity index (χ1n) is 9.70. The summed E-state index contributed by atoms with van der Waals surface area (Å²) in [6.07, 6.45) is 2.94. The maximum absolute atomic E-state index is 12.6. The third-order valence-corrected chi connectivity index (χ3v) is 5.53. The predicted molar refractivity (Wildman–Crippen MR) is 120 cm³/mol. The molecular formula is C24H21ClN2O3. The third-order valence-electron chi connectivity index (χ3n) is 5.21. The average Bonchev–Trinajstić information content (AvgIpc) is 3.05. The third kappa shape index (κ3) is 3.64. The summed E-state index contributed by atoms with van der Waals surface area (Å²) in [7, 11) is 0. The lowest BCUT2D eigenvalue weighted by Gasteiger charge is -2.07. The Bertz CT molecular complexity index is 1330. The molecule has 0 radical (unpaired) electrons. The number of aromatic nitrogens is 1. The Morgan fingerprint density at radius 3 is 2.87 bits per heavy atom. The molecule has 2 N–H and O–H groups in total. The molecule has 30 heavy (non-hydrogen) atoms. The topological polar surface area (TPSA) is 75.1 Å². The molecule has 6 heteroatoms. The van der Waals surface area contributed by atoms with Gasteiger partial charge >= 0.3 is 5.63 Å². The van der Waals surface area contributed by atoms with Crippen molar-refractivity contribution < 1.29 is 9.21 Å². The molecule has 2 aromatic heterocycles. The molecule has 1 amide bonds. The smallest absolute Gasteiger partial charge is 0.349 e. The monoisotopic (exact) mass is 420 g/mol. The van der Waals surface area contributed by atoms with Crippen LogP contribution in [0, 0.1) is 6.92 Å². The van der Waals surface area contributed by atoms with Gasteiger partial charge in [0, 0.05) is 23.0 Å². The van der Waals surface area contributed by atoms with Gasteiger partial charge in [-0.05, 0) is 43.0 Å². The minimum absolute atomic E-state index is 0.00283. The van der Waals surface area contributed by atoms with Crippen molar-refractivity contribution in [3.05, 3.63) is 92.9 Å². The van der Waals surface area contributed by atoms with Crippen LogP contribution in [0.2, 0.25) is 5.02 Å². The van der Waals surface area contributed by atoms with Crippen molar-refractivity contribution in [3.8, 4) is 0 Å². The van der Waals surface area contributed by atoms with Crippen molar-refractivity contribution in [2.45, 2.75) is 19.8 Å². The fourth-order valence-corrected chi connectivity index (χ4v) is 3.99. The molecule has 152 valence electrons. The highest BCUT2D eigenvalue weighted by Gasteiger charge is 2.16. The van der Waals surface area contributed by atoms with E-state index in [2.05, 4.69) is 16.9 Å². The number of hydrogen-bond acceptors (Lipinski definition) is 3. The van der Waals surface area contributed by atoms with E-state index in [9.17, 15) is 9.59 Å². The average molecular weight is 421 g/mol. The molecule has 0 spiro atoms. The second-order valence-corrected chi connectivity index (χ2v) is 7.58. The van der Waals surface area contributed by atoms with E-state index in [1.54, 1.807) is 12.1 Å². The summed E-state index contributed by atoms with van der Waals surface area (Å²) in [6.45, 7) is 6.08. The summed E-state index contributed by atoms with van der Waals surface area (Å²) in [5, 5.41) is 5.24. The number of para-hydroxylation sites is 2. The van der Waals surface area contributed by atoms with Gasteiger partial charge < -0.3 is 14.7 Å². The summed E-state index contributed by atoms with van der Waals surface area (Å²) in [5.74, 6) is -0.449. The van der Waals surface area contributed by atoms with Gasteiger partial charge in [-0.15, -0.1) is 6.58 Å². The molecule has 0 unspecified atom stereocenters. The molecule has 0 saturated heterocycles. The molecule has 0 aliphatic heterocycles. The van der Waals surface area contributed by atoms with Gasteiger partial charge in [-0.3, -0.25) is 4.79 Å². The number of halogens is 1. The zero-order chi connectivity index (χ0) is 21.3. The SMILES string of the molecule is C=CCc1cccc2cc(C(=O)NCCc3c(C)[nH]c4c(Cl)cccc34)c(=O)oc12. The Kier molecular flexibility index (Phi) is 5.46.